The Kier molecular flexibility index (Phi) is 4.36. The van der Waals surface area contributed by atoms with E-state index in [1.165, 1.54) is 0 Å². The van der Waals surface area contributed by atoms with Gasteiger partial charge in [-0.3, -0.25) is 9.59 Å². The Labute approximate surface area is 109 Å². The summed E-state index contributed by atoms with van der Waals surface area (Å²) in [5, 5.41) is 17.7. The molecule has 2 fully saturated rings. The molecule has 0 aromatic carbocycles. The zero-order chi connectivity index (χ0) is 13.1. The maximum atomic E-state index is 10.7. The van der Waals surface area contributed by atoms with E-state index in [2.05, 4.69) is 14.6 Å². The van der Waals surface area contributed by atoms with Crippen LogP contribution >= 0.6 is 0 Å². The van der Waals surface area contributed by atoms with Crippen molar-refractivity contribution in [3.63, 3.8) is 0 Å². The molecule has 0 aliphatic carbocycles. The average molecular weight is 248 g/mol. The Morgan fingerprint density at radius 1 is 0.944 bits per heavy atom. The van der Waals surface area contributed by atoms with Crippen molar-refractivity contribution in [2.24, 2.45) is 17.8 Å². The normalized spacial score (nSPS) is 34.9. The Balaban J connectivity index is 1.87. The van der Waals surface area contributed by atoms with Gasteiger partial charge in [0.15, 0.2) is 0 Å². The maximum absolute atomic E-state index is 10.7. The van der Waals surface area contributed by atoms with Gasteiger partial charge in [-0.15, -0.1) is 0 Å². The summed E-state index contributed by atoms with van der Waals surface area (Å²) in [5.74, 6) is -0.523. The van der Waals surface area contributed by atoms with Gasteiger partial charge >= 0.3 is 11.9 Å². The third-order valence-corrected chi connectivity index (χ3v) is 4.23. The standard InChI is InChI=1S/C12H18B2O4/c15-10(16)3-7-1-9-2-8(4-11(17)18)6-14-12(9)13-5-7/h7-9,12H,1-6H2,(H,15,16)(H,17,18). The first-order valence-electron chi connectivity index (χ1n) is 6.65. The second kappa shape index (κ2) is 5.81. The first-order valence-corrected chi connectivity index (χ1v) is 6.65. The number of hydrogen-bond donors (Lipinski definition) is 2. The van der Waals surface area contributed by atoms with Crippen LogP contribution in [0.25, 0.3) is 0 Å². The molecule has 2 aliphatic rings. The molecular formula is C12H18B2O4. The van der Waals surface area contributed by atoms with E-state index in [0.717, 1.165) is 25.5 Å². The molecule has 2 heterocycles. The number of carboxylic acids is 2. The highest BCUT2D eigenvalue weighted by molar-refractivity contribution is 6.59. The molecule has 2 radical (unpaired) electrons. The van der Waals surface area contributed by atoms with Gasteiger partial charge in [0.2, 0.25) is 0 Å². The van der Waals surface area contributed by atoms with Crippen molar-refractivity contribution in [3.05, 3.63) is 0 Å². The molecule has 0 amide bonds. The summed E-state index contributed by atoms with van der Waals surface area (Å²) < 4.78 is 0. The second-order valence-corrected chi connectivity index (χ2v) is 5.68. The Morgan fingerprint density at radius 3 is 1.78 bits per heavy atom. The fourth-order valence-corrected chi connectivity index (χ4v) is 3.47. The molecular weight excluding hydrogens is 230 g/mol. The molecule has 96 valence electrons. The van der Waals surface area contributed by atoms with E-state index in [4.69, 9.17) is 10.2 Å². The van der Waals surface area contributed by atoms with Crippen LogP contribution < -0.4 is 0 Å². The molecule has 2 N–H and O–H groups in total. The van der Waals surface area contributed by atoms with Gasteiger partial charge in [-0.25, -0.2) is 0 Å². The molecule has 2 unspecified atom stereocenters. The van der Waals surface area contributed by atoms with Crippen molar-refractivity contribution in [3.8, 4) is 0 Å². The van der Waals surface area contributed by atoms with E-state index < -0.39 is 11.9 Å². The summed E-state index contributed by atoms with van der Waals surface area (Å²) in [7, 11) is 4.47. The fourth-order valence-electron chi connectivity index (χ4n) is 3.47. The van der Waals surface area contributed by atoms with E-state index in [1.54, 1.807) is 0 Å². The topological polar surface area (TPSA) is 74.6 Å². The lowest BCUT2D eigenvalue weighted by Crippen LogP contribution is -2.36. The van der Waals surface area contributed by atoms with Crippen molar-refractivity contribution in [2.75, 3.05) is 0 Å². The van der Waals surface area contributed by atoms with Gasteiger partial charge in [-0.2, -0.15) is 0 Å². The quantitative estimate of drug-likeness (QED) is 0.740. The molecule has 0 bridgehead atoms. The summed E-state index contributed by atoms with van der Waals surface area (Å²) in [4.78, 5) is 21.5. The number of carboxylic acid groups (broad SMARTS) is 2. The molecule has 2 rings (SSSR count). The lowest BCUT2D eigenvalue weighted by atomic mass is 9.31. The summed E-state index contributed by atoms with van der Waals surface area (Å²) >= 11 is 0. The minimum absolute atomic E-state index is 0.237. The highest BCUT2D eigenvalue weighted by Gasteiger charge is 2.37. The number of carbonyl (C=O) groups is 2. The molecule has 2 atom stereocenters. The van der Waals surface area contributed by atoms with Gasteiger partial charge in [0.25, 0.3) is 0 Å². The highest BCUT2D eigenvalue weighted by atomic mass is 16.4. The van der Waals surface area contributed by atoms with Crippen LogP contribution in [0.4, 0.5) is 0 Å². The largest absolute Gasteiger partial charge is 0.481 e. The Bertz CT molecular complexity index is 304. The molecule has 0 aromatic heterocycles. The van der Waals surface area contributed by atoms with Gasteiger partial charge in [-0.05, 0) is 24.7 Å². The molecule has 6 heteroatoms. The number of aliphatic carboxylic acids is 2. The third kappa shape index (κ3) is 3.53. The van der Waals surface area contributed by atoms with Gasteiger partial charge in [-0.1, -0.05) is 24.3 Å². The zero-order valence-corrected chi connectivity index (χ0v) is 10.4. The van der Waals surface area contributed by atoms with E-state index in [1.807, 2.05) is 0 Å². The minimum atomic E-state index is -0.728. The molecule has 2 saturated heterocycles. The van der Waals surface area contributed by atoms with Crippen molar-refractivity contribution in [1.29, 1.82) is 0 Å². The van der Waals surface area contributed by atoms with Crippen LogP contribution in [0, 0.1) is 17.8 Å². The van der Waals surface area contributed by atoms with Crippen molar-refractivity contribution < 1.29 is 19.8 Å². The molecule has 0 aromatic rings. The summed E-state index contributed by atoms with van der Waals surface area (Å²) in [5.41, 5.74) is 0.472. The fraction of sp³-hybridized carbons (Fsp3) is 0.833. The molecule has 0 spiro atoms. The third-order valence-electron chi connectivity index (χ3n) is 4.23. The van der Waals surface area contributed by atoms with Gasteiger partial charge in [0, 0.05) is 12.8 Å². The highest BCUT2D eigenvalue weighted by Crippen LogP contribution is 2.43. The Morgan fingerprint density at radius 2 is 1.39 bits per heavy atom. The number of fused-ring (bicyclic) bond motifs is 1. The van der Waals surface area contributed by atoms with Crippen LogP contribution in [-0.4, -0.2) is 36.7 Å². The molecule has 0 saturated carbocycles. The average Bonchev–Trinajstić information content (AvgIpc) is 2.26. The summed E-state index contributed by atoms with van der Waals surface area (Å²) in [6.45, 7) is 0. The number of hydrogen-bond acceptors (Lipinski definition) is 2. The SMILES string of the molecule is O=C(O)CC1C[B]C2[B]CC(CC(=O)O)CC2C1. The maximum Gasteiger partial charge on any atom is 0.303 e. The smallest absolute Gasteiger partial charge is 0.303 e. The molecule has 4 nitrogen and oxygen atoms in total. The monoisotopic (exact) mass is 248 g/mol. The summed E-state index contributed by atoms with van der Waals surface area (Å²) in [6, 6.07) is 0. The second-order valence-electron chi connectivity index (χ2n) is 5.68. The van der Waals surface area contributed by atoms with Gasteiger partial charge in [0.1, 0.15) is 14.6 Å². The predicted octanol–water partition coefficient (Wildman–Crippen LogP) is 1.58. The molecule has 2 aliphatic heterocycles. The lowest BCUT2D eigenvalue weighted by Gasteiger charge is -2.41. The van der Waals surface area contributed by atoms with Crippen molar-refractivity contribution in [2.45, 2.75) is 44.0 Å². The van der Waals surface area contributed by atoms with Gasteiger partial charge in [0.05, 0.1) is 0 Å². The summed E-state index contributed by atoms with van der Waals surface area (Å²) in [6.07, 6.45) is 4.11. The molecule has 18 heavy (non-hydrogen) atoms. The van der Waals surface area contributed by atoms with Crippen molar-refractivity contribution >= 4 is 26.5 Å². The predicted molar refractivity (Wildman–Crippen MR) is 69.1 cm³/mol. The van der Waals surface area contributed by atoms with E-state index >= 15 is 0 Å². The van der Waals surface area contributed by atoms with Crippen molar-refractivity contribution in [1.82, 2.24) is 0 Å². The van der Waals surface area contributed by atoms with Crippen LogP contribution in [0.15, 0.2) is 0 Å². The first kappa shape index (κ1) is 13.5. The lowest BCUT2D eigenvalue weighted by molar-refractivity contribution is -0.138. The van der Waals surface area contributed by atoms with Crippen LogP contribution in [0.1, 0.15) is 25.7 Å². The minimum Gasteiger partial charge on any atom is -0.481 e. The number of rotatable bonds is 4. The Hall–Kier alpha value is -0.930. The van der Waals surface area contributed by atoms with E-state index in [0.29, 0.717) is 11.6 Å². The zero-order valence-electron chi connectivity index (χ0n) is 10.4. The van der Waals surface area contributed by atoms with Crippen LogP contribution in [0.2, 0.25) is 18.4 Å². The van der Waals surface area contributed by atoms with E-state index in [9.17, 15) is 9.59 Å². The van der Waals surface area contributed by atoms with Crippen LogP contribution in [0.3, 0.4) is 0 Å². The van der Waals surface area contributed by atoms with E-state index in [-0.39, 0.29) is 24.7 Å². The van der Waals surface area contributed by atoms with Gasteiger partial charge < -0.3 is 10.2 Å². The van der Waals surface area contributed by atoms with Crippen LogP contribution in [-0.2, 0) is 9.59 Å². The first-order chi connectivity index (χ1) is 8.54. The van der Waals surface area contributed by atoms with Crippen LogP contribution in [0.5, 0.6) is 0 Å².